The number of ether oxygens (including phenoxy) is 2. The lowest BCUT2D eigenvalue weighted by Gasteiger charge is -2.22. The number of aryl methyl sites for hydroxylation is 1. The largest absolute Gasteiger partial charge is 0.481 e. The fourth-order valence-electron chi connectivity index (χ4n) is 3.56. The number of nitrogens with one attached hydrogen (secondary N) is 1. The number of methoxy groups -OCH3 is 2. The van der Waals surface area contributed by atoms with Crippen LogP contribution in [0.5, 0.6) is 5.88 Å². The van der Waals surface area contributed by atoms with E-state index in [-0.39, 0.29) is 11.8 Å². The maximum atomic E-state index is 13.4. The van der Waals surface area contributed by atoms with Gasteiger partial charge in [-0.05, 0) is 25.1 Å². The molecule has 0 aliphatic carbocycles. The van der Waals surface area contributed by atoms with Gasteiger partial charge < -0.3 is 9.47 Å². The zero-order chi connectivity index (χ0) is 26.4. The zero-order valence-electron chi connectivity index (χ0n) is 20.3. The van der Waals surface area contributed by atoms with Gasteiger partial charge in [0.15, 0.2) is 11.6 Å². The molecule has 14 heteroatoms. The molecule has 0 saturated heterocycles. The molecule has 0 unspecified atom stereocenters. The van der Waals surface area contributed by atoms with Crippen molar-refractivity contribution in [2.24, 2.45) is 0 Å². The van der Waals surface area contributed by atoms with Crippen LogP contribution >= 0.6 is 11.6 Å². The van der Waals surface area contributed by atoms with Crippen molar-refractivity contribution >= 4 is 27.6 Å². The molecule has 4 rings (SSSR count). The lowest BCUT2D eigenvalue weighted by atomic mass is 10.2. The van der Waals surface area contributed by atoms with Gasteiger partial charge in [0, 0.05) is 50.4 Å². The van der Waals surface area contributed by atoms with Gasteiger partial charge in [-0.15, -0.1) is 10.2 Å². The maximum absolute atomic E-state index is 13.4. The fraction of sp³-hybridized carbons (Fsp3) is 0.304. The molecule has 194 valence electrons. The summed E-state index contributed by atoms with van der Waals surface area (Å²) in [5, 5.41) is 7.60. The van der Waals surface area contributed by atoms with Crippen LogP contribution in [0.1, 0.15) is 24.5 Å². The molecule has 0 aliphatic rings. The normalized spacial score (nSPS) is 13.2. The number of hydrogen-bond donors (Lipinski definition) is 1. The van der Waals surface area contributed by atoms with E-state index in [0.29, 0.717) is 35.4 Å². The molecule has 12 nitrogen and oxygen atoms in total. The minimum absolute atomic E-state index is 0.0225. The van der Waals surface area contributed by atoms with E-state index in [4.69, 9.17) is 21.1 Å². The lowest BCUT2D eigenvalue weighted by molar-refractivity contribution is 0.0950. The number of sulfonamides is 1. The van der Waals surface area contributed by atoms with Crippen molar-refractivity contribution in [2.45, 2.75) is 31.2 Å². The topological polar surface area (TPSA) is 147 Å². The zero-order valence-corrected chi connectivity index (χ0v) is 21.9. The first-order valence-electron chi connectivity index (χ1n) is 11.2. The number of anilines is 1. The quantitative estimate of drug-likeness (QED) is 0.299. The predicted octanol–water partition coefficient (Wildman–Crippen LogP) is 2.95. The Kier molecular flexibility index (Phi) is 8.26. The molecule has 37 heavy (non-hydrogen) atoms. The number of aromatic nitrogens is 7. The van der Waals surface area contributed by atoms with Crippen LogP contribution in [-0.4, -0.2) is 62.6 Å². The van der Waals surface area contributed by atoms with E-state index in [1.165, 1.54) is 33.5 Å². The summed E-state index contributed by atoms with van der Waals surface area (Å²) in [6, 6.07) is 10.8. The van der Waals surface area contributed by atoms with Gasteiger partial charge in [-0.2, -0.15) is 0 Å². The van der Waals surface area contributed by atoms with Crippen LogP contribution in [0, 0.1) is 0 Å². The molecule has 0 bridgehead atoms. The third-order valence-corrected chi connectivity index (χ3v) is 7.42. The van der Waals surface area contributed by atoms with E-state index in [1.807, 2.05) is 18.2 Å². The van der Waals surface area contributed by atoms with Gasteiger partial charge in [0.05, 0.1) is 12.1 Å². The second kappa shape index (κ2) is 11.6. The van der Waals surface area contributed by atoms with Crippen molar-refractivity contribution < 1.29 is 17.9 Å². The molecule has 0 radical (unpaired) electrons. The van der Waals surface area contributed by atoms with Crippen molar-refractivity contribution in [1.82, 2.24) is 34.7 Å². The first-order chi connectivity index (χ1) is 17.8. The third kappa shape index (κ3) is 6.18. The Morgan fingerprint density at radius 3 is 2.51 bits per heavy atom. The molecule has 1 N–H and O–H groups in total. The van der Waals surface area contributed by atoms with E-state index in [9.17, 15) is 8.42 Å². The van der Waals surface area contributed by atoms with Crippen LogP contribution in [0.3, 0.4) is 0 Å². The van der Waals surface area contributed by atoms with Crippen LogP contribution < -0.4 is 9.46 Å². The minimum Gasteiger partial charge on any atom is -0.481 e. The van der Waals surface area contributed by atoms with Crippen LogP contribution in [-0.2, 0) is 27.7 Å². The Morgan fingerprint density at radius 2 is 1.84 bits per heavy atom. The summed E-state index contributed by atoms with van der Waals surface area (Å²) >= 11 is 5.87. The van der Waals surface area contributed by atoms with Gasteiger partial charge in [-0.25, -0.2) is 23.4 Å². The molecule has 0 aliphatic heterocycles. The maximum Gasteiger partial charge on any atom is 0.240 e. The SMILES string of the molecule is COc1cccc(-c2nnc(NS(=O)(=O)[C@@H](C)[C@H](OC)c3ncc(Cl)cn3)n2CCc2ccccn2)n1. The molecule has 0 spiro atoms. The van der Waals surface area contributed by atoms with E-state index in [1.54, 1.807) is 29.0 Å². The van der Waals surface area contributed by atoms with Crippen molar-refractivity contribution in [3.8, 4) is 17.4 Å². The molecular formula is C23H25ClN8O4S. The first-order valence-corrected chi connectivity index (χ1v) is 13.1. The number of rotatable bonds is 11. The Morgan fingerprint density at radius 1 is 1.05 bits per heavy atom. The Bertz CT molecular complexity index is 1430. The number of nitrogens with zero attached hydrogens (tertiary/aromatic N) is 7. The van der Waals surface area contributed by atoms with Gasteiger partial charge >= 0.3 is 0 Å². The molecule has 0 fully saturated rings. The van der Waals surface area contributed by atoms with Gasteiger partial charge in [0.2, 0.25) is 21.9 Å². The summed E-state index contributed by atoms with van der Waals surface area (Å²) in [5.41, 5.74) is 1.29. The second-order valence-corrected chi connectivity index (χ2v) is 10.4. The summed E-state index contributed by atoms with van der Waals surface area (Å²) < 4.78 is 41.7. The third-order valence-electron chi connectivity index (χ3n) is 5.53. The van der Waals surface area contributed by atoms with Crippen LogP contribution in [0.15, 0.2) is 55.0 Å². The summed E-state index contributed by atoms with van der Waals surface area (Å²) in [6.07, 6.45) is 3.99. The van der Waals surface area contributed by atoms with Crippen LogP contribution in [0.2, 0.25) is 5.02 Å². The van der Waals surface area contributed by atoms with E-state index < -0.39 is 21.4 Å². The highest BCUT2D eigenvalue weighted by molar-refractivity contribution is 7.93. The Labute approximate surface area is 219 Å². The highest BCUT2D eigenvalue weighted by atomic mass is 35.5. The highest BCUT2D eigenvalue weighted by Gasteiger charge is 2.34. The summed E-state index contributed by atoms with van der Waals surface area (Å²) in [4.78, 5) is 17.0. The highest BCUT2D eigenvalue weighted by Crippen LogP contribution is 2.27. The summed E-state index contributed by atoms with van der Waals surface area (Å²) in [7, 11) is -1.15. The number of pyridine rings is 2. The first kappa shape index (κ1) is 26.4. The standard InChI is InChI=1S/C23H25ClN8O4S/c1-15(20(36-3)21-26-13-16(24)14-27-21)37(33,34)31-23-30-29-22(18-8-6-9-19(28-18)35-2)32(23)12-10-17-7-4-5-11-25-17/h4-9,11,13-15,20H,10,12H2,1-3H3,(H,30,31)/t15-,20-/m0/s1. The molecule has 4 aromatic rings. The van der Waals surface area contributed by atoms with Gasteiger partial charge in [0.1, 0.15) is 17.0 Å². The van der Waals surface area contributed by atoms with E-state index in [2.05, 4.69) is 34.9 Å². The Balaban J connectivity index is 1.66. The van der Waals surface area contributed by atoms with Gasteiger partial charge in [-0.3, -0.25) is 14.3 Å². The molecule has 0 saturated carbocycles. The summed E-state index contributed by atoms with van der Waals surface area (Å²) in [6.45, 7) is 1.83. The van der Waals surface area contributed by atoms with Crippen molar-refractivity contribution in [2.75, 3.05) is 18.9 Å². The van der Waals surface area contributed by atoms with Gasteiger partial charge in [0.25, 0.3) is 0 Å². The molecule has 0 amide bonds. The molecule has 2 atom stereocenters. The fourth-order valence-corrected chi connectivity index (χ4v) is 4.81. The molecule has 4 aromatic heterocycles. The second-order valence-electron chi connectivity index (χ2n) is 7.90. The van der Waals surface area contributed by atoms with Crippen LogP contribution in [0.25, 0.3) is 11.5 Å². The minimum atomic E-state index is -4.04. The Hall–Kier alpha value is -3.68. The summed E-state index contributed by atoms with van der Waals surface area (Å²) in [5.74, 6) is 0.958. The monoisotopic (exact) mass is 544 g/mol. The predicted molar refractivity (Wildman–Crippen MR) is 137 cm³/mol. The van der Waals surface area contributed by atoms with E-state index in [0.717, 1.165) is 5.69 Å². The molecule has 4 heterocycles. The number of halogens is 1. The average molecular weight is 545 g/mol. The molecule has 0 aromatic carbocycles. The van der Waals surface area contributed by atoms with E-state index >= 15 is 0 Å². The smallest absolute Gasteiger partial charge is 0.240 e. The van der Waals surface area contributed by atoms with Crippen molar-refractivity contribution in [1.29, 1.82) is 0 Å². The average Bonchev–Trinajstić information content (AvgIpc) is 3.31. The number of hydrogen-bond acceptors (Lipinski definition) is 10. The van der Waals surface area contributed by atoms with Crippen molar-refractivity contribution in [3.05, 3.63) is 71.5 Å². The van der Waals surface area contributed by atoms with Crippen LogP contribution in [0.4, 0.5) is 5.95 Å². The molecular weight excluding hydrogens is 520 g/mol. The van der Waals surface area contributed by atoms with Crippen molar-refractivity contribution in [3.63, 3.8) is 0 Å². The lowest BCUT2D eigenvalue weighted by Crippen LogP contribution is -2.33. The van der Waals surface area contributed by atoms with Gasteiger partial charge in [-0.1, -0.05) is 23.7 Å².